The first-order valence-corrected chi connectivity index (χ1v) is 6.61. The van der Waals surface area contributed by atoms with Crippen molar-refractivity contribution in [2.75, 3.05) is 12.4 Å². The second kappa shape index (κ2) is 5.83. The lowest BCUT2D eigenvalue weighted by Crippen LogP contribution is -2.09. The van der Waals surface area contributed by atoms with Crippen LogP contribution in [-0.4, -0.2) is 18.5 Å². The van der Waals surface area contributed by atoms with Crippen molar-refractivity contribution in [1.29, 1.82) is 0 Å². The summed E-state index contributed by atoms with van der Waals surface area (Å²) in [5, 5.41) is 3.56. The third-order valence-corrected chi connectivity index (χ3v) is 3.57. The Morgan fingerprint density at radius 2 is 2.10 bits per heavy atom. The topological polar surface area (TPSA) is 71.2 Å². The highest BCUT2D eigenvalue weighted by Gasteiger charge is 2.17. The number of hydrogen-bond acceptors (Lipinski definition) is 3. The van der Waals surface area contributed by atoms with Crippen molar-refractivity contribution >= 4 is 28.6 Å². The Morgan fingerprint density at radius 1 is 1.38 bits per heavy atom. The van der Waals surface area contributed by atoms with E-state index in [1.807, 2.05) is 32.9 Å². The van der Waals surface area contributed by atoms with Gasteiger partial charge in [-0.25, -0.2) is 0 Å². The SMILES string of the molecule is C/C=C(/C)c1cc2c(C)cc(=O)[nH]c2c(OC)c1NC=O. The number of rotatable bonds is 4. The number of pyridine rings is 1. The van der Waals surface area contributed by atoms with Crippen molar-refractivity contribution in [2.45, 2.75) is 20.8 Å². The molecule has 0 fully saturated rings. The van der Waals surface area contributed by atoms with Gasteiger partial charge in [-0.3, -0.25) is 9.59 Å². The number of aromatic nitrogens is 1. The Kier molecular flexibility index (Phi) is 4.12. The normalized spacial score (nSPS) is 11.5. The minimum absolute atomic E-state index is 0.203. The van der Waals surface area contributed by atoms with Gasteiger partial charge in [0.2, 0.25) is 12.0 Å². The molecule has 21 heavy (non-hydrogen) atoms. The molecule has 0 saturated carbocycles. The molecule has 5 nitrogen and oxygen atoms in total. The molecule has 0 atom stereocenters. The third kappa shape index (κ3) is 2.54. The molecule has 2 N–H and O–H groups in total. The number of methoxy groups -OCH3 is 1. The van der Waals surface area contributed by atoms with E-state index in [1.165, 1.54) is 7.11 Å². The quantitative estimate of drug-likeness (QED) is 0.849. The molecule has 0 saturated heterocycles. The number of carbonyl (C=O) groups is 1. The van der Waals surface area contributed by atoms with Crippen molar-refractivity contribution in [3.05, 3.63) is 39.7 Å². The van der Waals surface area contributed by atoms with Crippen molar-refractivity contribution in [3.8, 4) is 5.75 Å². The number of hydrogen-bond donors (Lipinski definition) is 2. The van der Waals surface area contributed by atoms with Crippen LogP contribution in [0.5, 0.6) is 5.75 Å². The fourth-order valence-corrected chi connectivity index (χ4v) is 2.40. The lowest BCUT2D eigenvalue weighted by atomic mass is 9.99. The predicted octanol–water partition coefficient (Wildman–Crippen LogP) is 2.84. The van der Waals surface area contributed by atoms with E-state index in [1.54, 1.807) is 6.07 Å². The van der Waals surface area contributed by atoms with Gasteiger partial charge in [-0.15, -0.1) is 0 Å². The molecule has 0 aliphatic rings. The number of amides is 1. The molecule has 1 aromatic carbocycles. The number of carbonyl (C=O) groups excluding carboxylic acids is 1. The molecule has 0 bridgehead atoms. The van der Waals surface area contributed by atoms with Gasteiger partial charge in [0.1, 0.15) is 0 Å². The number of H-pyrrole nitrogens is 1. The van der Waals surface area contributed by atoms with Crippen LogP contribution in [0.3, 0.4) is 0 Å². The summed E-state index contributed by atoms with van der Waals surface area (Å²) in [6, 6.07) is 3.49. The number of aromatic amines is 1. The Bertz CT molecular complexity index is 788. The maximum Gasteiger partial charge on any atom is 0.248 e. The highest BCUT2D eigenvalue weighted by atomic mass is 16.5. The van der Waals surface area contributed by atoms with E-state index in [4.69, 9.17) is 4.74 Å². The Labute approximate surface area is 122 Å². The lowest BCUT2D eigenvalue weighted by molar-refractivity contribution is -0.105. The molecule has 5 heteroatoms. The monoisotopic (exact) mass is 286 g/mol. The first kappa shape index (κ1) is 14.8. The average Bonchev–Trinajstić information content (AvgIpc) is 2.46. The smallest absolute Gasteiger partial charge is 0.248 e. The van der Waals surface area contributed by atoms with Crippen LogP contribution in [0, 0.1) is 6.92 Å². The summed E-state index contributed by atoms with van der Waals surface area (Å²) < 4.78 is 5.44. The summed E-state index contributed by atoms with van der Waals surface area (Å²) in [6.45, 7) is 5.76. The van der Waals surface area contributed by atoms with Crippen molar-refractivity contribution in [2.24, 2.45) is 0 Å². The van der Waals surface area contributed by atoms with Crippen LogP contribution in [0.25, 0.3) is 16.5 Å². The molecule has 0 aliphatic heterocycles. The first-order valence-electron chi connectivity index (χ1n) is 6.61. The summed E-state index contributed by atoms with van der Waals surface area (Å²) in [5.74, 6) is 0.455. The molecule has 1 heterocycles. The van der Waals surface area contributed by atoms with Crippen LogP contribution in [0.1, 0.15) is 25.0 Å². The highest BCUT2D eigenvalue weighted by Crippen LogP contribution is 2.39. The molecule has 0 spiro atoms. The number of allylic oxidation sites excluding steroid dienone is 2. The second-order valence-electron chi connectivity index (χ2n) is 4.81. The maximum absolute atomic E-state index is 11.7. The van der Waals surface area contributed by atoms with Crippen molar-refractivity contribution < 1.29 is 9.53 Å². The van der Waals surface area contributed by atoms with E-state index < -0.39 is 0 Å². The zero-order valence-electron chi connectivity index (χ0n) is 12.5. The minimum Gasteiger partial charge on any atom is -0.492 e. The lowest BCUT2D eigenvalue weighted by Gasteiger charge is -2.17. The van der Waals surface area contributed by atoms with E-state index in [-0.39, 0.29) is 5.56 Å². The number of aryl methyl sites for hydroxylation is 1. The highest BCUT2D eigenvalue weighted by molar-refractivity contribution is 6.00. The molecule has 2 aromatic rings. The van der Waals surface area contributed by atoms with E-state index >= 15 is 0 Å². The van der Waals surface area contributed by atoms with Crippen molar-refractivity contribution in [1.82, 2.24) is 4.98 Å². The molecular weight excluding hydrogens is 268 g/mol. The van der Waals surface area contributed by atoms with Gasteiger partial charge in [0.25, 0.3) is 0 Å². The van der Waals surface area contributed by atoms with Crippen molar-refractivity contribution in [3.63, 3.8) is 0 Å². The molecule has 1 amide bonds. The largest absolute Gasteiger partial charge is 0.492 e. The maximum atomic E-state index is 11.7. The fraction of sp³-hybridized carbons (Fsp3) is 0.250. The van der Waals surface area contributed by atoms with Gasteiger partial charge in [-0.05, 0) is 38.0 Å². The molecule has 0 aliphatic carbocycles. The van der Waals surface area contributed by atoms with Crippen LogP contribution < -0.4 is 15.6 Å². The van der Waals surface area contributed by atoms with Crippen LogP contribution in [0.15, 0.2) is 23.0 Å². The van der Waals surface area contributed by atoms with Gasteiger partial charge in [0, 0.05) is 17.0 Å². The van der Waals surface area contributed by atoms with Gasteiger partial charge in [-0.2, -0.15) is 0 Å². The Hall–Kier alpha value is -2.56. The first-order chi connectivity index (χ1) is 10.0. The summed E-state index contributed by atoms with van der Waals surface area (Å²) in [5.41, 5.74) is 3.66. The predicted molar refractivity (Wildman–Crippen MR) is 84.9 cm³/mol. The van der Waals surface area contributed by atoms with E-state index in [9.17, 15) is 9.59 Å². The summed E-state index contributed by atoms with van der Waals surface area (Å²) in [4.78, 5) is 25.4. The fourth-order valence-electron chi connectivity index (χ4n) is 2.40. The van der Waals surface area contributed by atoms with Gasteiger partial charge < -0.3 is 15.0 Å². The van der Waals surface area contributed by atoms with E-state index in [0.717, 1.165) is 22.1 Å². The van der Waals surface area contributed by atoms with E-state index in [0.29, 0.717) is 23.4 Å². The number of ether oxygens (including phenoxy) is 1. The van der Waals surface area contributed by atoms with Crippen LogP contribution in [0.4, 0.5) is 5.69 Å². The Balaban J connectivity index is 3.00. The summed E-state index contributed by atoms with van der Waals surface area (Å²) >= 11 is 0. The molecular formula is C16H18N2O3. The second-order valence-corrected chi connectivity index (χ2v) is 4.81. The number of nitrogens with one attached hydrogen (secondary N) is 2. The zero-order chi connectivity index (χ0) is 15.6. The summed E-state index contributed by atoms with van der Waals surface area (Å²) in [6.07, 6.45) is 2.56. The minimum atomic E-state index is -0.203. The van der Waals surface area contributed by atoms with E-state index in [2.05, 4.69) is 10.3 Å². The van der Waals surface area contributed by atoms with Crippen LogP contribution in [0.2, 0.25) is 0 Å². The molecule has 110 valence electrons. The number of fused-ring (bicyclic) bond motifs is 1. The third-order valence-electron chi connectivity index (χ3n) is 3.57. The van der Waals surface area contributed by atoms with Gasteiger partial charge in [-0.1, -0.05) is 6.08 Å². The van der Waals surface area contributed by atoms with Gasteiger partial charge in [0.05, 0.1) is 18.3 Å². The van der Waals surface area contributed by atoms with Crippen LogP contribution in [-0.2, 0) is 4.79 Å². The summed E-state index contributed by atoms with van der Waals surface area (Å²) in [7, 11) is 1.51. The standard InChI is InChI=1S/C16H18N2O3/c1-5-9(2)11-7-12-10(3)6-13(20)18-15(12)16(21-4)14(11)17-8-19/h5-8H,1-4H3,(H,17,19)(H,18,20)/b9-5-. The molecule has 2 rings (SSSR count). The number of benzene rings is 1. The zero-order valence-corrected chi connectivity index (χ0v) is 12.5. The molecule has 0 radical (unpaired) electrons. The van der Waals surface area contributed by atoms with Gasteiger partial charge >= 0.3 is 0 Å². The Morgan fingerprint density at radius 3 is 2.67 bits per heavy atom. The molecule has 1 aromatic heterocycles. The number of anilines is 1. The van der Waals surface area contributed by atoms with Crippen LogP contribution >= 0.6 is 0 Å². The molecule has 0 unspecified atom stereocenters. The van der Waals surface area contributed by atoms with Gasteiger partial charge in [0.15, 0.2) is 5.75 Å². The average molecular weight is 286 g/mol.